The molecule has 0 bridgehead atoms. The minimum absolute atomic E-state index is 0.200. The number of hydrogen-bond acceptors (Lipinski definition) is 2. The maximum Gasteiger partial charge on any atom is 0.126 e. The lowest BCUT2D eigenvalue weighted by atomic mass is 10.1. The van der Waals surface area contributed by atoms with Crippen molar-refractivity contribution >= 4 is 0 Å². The van der Waals surface area contributed by atoms with E-state index in [9.17, 15) is 4.39 Å². The predicted molar refractivity (Wildman–Crippen MR) is 44.5 cm³/mol. The molecule has 0 saturated heterocycles. The number of hydrogen-bond donors (Lipinski definition) is 2. The normalized spacial score (nSPS) is 10.3. The molecule has 0 aromatic heterocycles. The summed E-state index contributed by atoms with van der Waals surface area (Å²) in [6, 6.07) is 3.20. The molecular formula is C9H12FNO. The van der Waals surface area contributed by atoms with Gasteiger partial charge in [-0.1, -0.05) is 6.07 Å². The van der Waals surface area contributed by atoms with Crippen LogP contribution in [0.3, 0.4) is 0 Å². The van der Waals surface area contributed by atoms with Crippen LogP contribution in [-0.2, 0) is 6.54 Å². The summed E-state index contributed by atoms with van der Waals surface area (Å²) < 4.78 is 12.9. The van der Waals surface area contributed by atoms with Gasteiger partial charge >= 0.3 is 0 Å². The number of aryl methyl sites for hydroxylation is 2. The quantitative estimate of drug-likeness (QED) is 0.663. The smallest absolute Gasteiger partial charge is 0.126 e. The molecule has 2 nitrogen and oxygen atoms in total. The number of rotatable bonds is 2. The fraction of sp³-hybridized carbons (Fsp3) is 0.333. The van der Waals surface area contributed by atoms with Crippen LogP contribution in [0.25, 0.3) is 0 Å². The second-order valence-electron chi connectivity index (χ2n) is 2.86. The summed E-state index contributed by atoms with van der Waals surface area (Å²) in [7, 11) is 0. The Morgan fingerprint density at radius 1 is 1.33 bits per heavy atom. The fourth-order valence-corrected chi connectivity index (χ4v) is 1.12. The SMILES string of the molecule is Cc1cc(CNO)c(C)cc1F. The van der Waals surface area contributed by atoms with Crippen molar-refractivity contribution in [2.45, 2.75) is 20.4 Å². The monoisotopic (exact) mass is 169 g/mol. The lowest BCUT2D eigenvalue weighted by molar-refractivity contribution is 0.161. The van der Waals surface area contributed by atoms with Gasteiger partial charge in [-0.2, -0.15) is 0 Å². The van der Waals surface area contributed by atoms with Gasteiger partial charge in [0, 0.05) is 6.54 Å². The maximum absolute atomic E-state index is 12.9. The molecule has 0 saturated carbocycles. The standard InChI is InChI=1S/C9H12FNO/c1-6-4-9(10)7(2)3-8(6)5-11-12/h3-4,11-12H,5H2,1-2H3. The van der Waals surface area contributed by atoms with Crippen molar-refractivity contribution in [2.24, 2.45) is 0 Å². The summed E-state index contributed by atoms with van der Waals surface area (Å²) in [5.41, 5.74) is 4.41. The van der Waals surface area contributed by atoms with Crippen LogP contribution < -0.4 is 5.48 Å². The molecular weight excluding hydrogens is 157 g/mol. The van der Waals surface area contributed by atoms with Crippen molar-refractivity contribution in [3.05, 3.63) is 34.6 Å². The highest BCUT2D eigenvalue weighted by Crippen LogP contribution is 2.14. The Hall–Kier alpha value is -0.930. The molecule has 12 heavy (non-hydrogen) atoms. The molecule has 0 unspecified atom stereocenters. The zero-order valence-corrected chi connectivity index (χ0v) is 7.19. The van der Waals surface area contributed by atoms with E-state index in [0.717, 1.165) is 11.1 Å². The first kappa shape index (κ1) is 9.16. The fourth-order valence-electron chi connectivity index (χ4n) is 1.12. The molecule has 1 aromatic carbocycles. The van der Waals surface area contributed by atoms with Crippen LogP contribution in [0.1, 0.15) is 16.7 Å². The third-order valence-corrected chi connectivity index (χ3v) is 1.89. The van der Waals surface area contributed by atoms with Crippen LogP contribution in [-0.4, -0.2) is 5.21 Å². The van der Waals surface area contributed by atoms with Crippen LogP contribution in [0.2, 0.25) is 0 Å². The summed E-state index contributed by atoms with van der Waals surface area (Å²) >= 11 is 0. The molecule has 0 aliphatic heterocycles. The minimum Gasteiger partial charge on any atom is -0.316 e. The average molecular weight is 169 g/mol. The van der Waals surface area contributed by atoms with Crippen molar-refractivity contribution < 1.29 is 9.60 Å². The first-order valence-electron chi connectivity index (χ1n) is 3.77. The molecule has 0 atom stereocenters. The minimum atomic E-state index is -0.200. The van der Waals surface area contributed by atoms with Crippen LogP contribution >= 0.6 is 0 Å². The van der Waals surface area contributed by atoms with Crippen LogP contribution in [0.4, 0.5) is 4.39 Å². The number of nitrogens with one attached hydrogen (secondary N) is 1. The van der Waals surface area contributed by atoms with Crippen LogP contribution in [0.5, 0.6) is 0 Å². The maximum atomic E-state index is 12.9. The van der Waals surface area contributed by atoms with Crippen molar-refractivity contribution in [1.82, 2.24) is 5.48 Å². The molecule has 0 heterocycles. The summed E-state index contributed by atoms with van der Waals surface area (Å²) in [5.74, 6) is -0.200. The van der Waals surface area contributed by atoms with Crippen molar-refractivity contribution in [1.29, 1.82) is 0 Å². The van der Waals surface area contributed by atoms with E-state index in [1.54, 1.807) is 13.0 Å². The van der Waals surface area contributed by atoms with E-state index in [1.165, 1.54) is 6.07 Å². The summed E-state index contributed by atoms with van der Waals surface area (Å²) in [6.45, 7) is 3.87. The van der Waals surface area contributed by atoms with Crippen molar-refractivity contribution in [3.63, 3.8) is 0 Å². The van der Waals surface area contributed by atoms with E-state index in [1.807, 2.05) is 12.4 Å². The van der Waals surface area contributed by atoms with E-state index in [-0.39, 0.29) is 5.82 Å². The number of halogens is 1. The second kappa shape index (κ2) is 3.65. The molecule has 0 spiro atoms. The van der Waals surface area contributed by atoms with Gasteiger partial charge in [0.05, 0.1) is 0 Å². The van der Waals surface area contributed by atoms with E-state index < -0.39 is 0 Å². The average Bonchev–Trinajstić information content (AvgIpc) is 2.01. The molecule has 0 radical (unpaired) electrons. The van der Waals surface area contributed by atoms with Crippen molar-refractivity contribution in [2.75, 3.05) is 0 Å². The topological polar surface area (TPSA) is 32.3 Å². The second-order valence-corrected chi connectivity index (χ2v) is 2.86. The van der Waals surface area contributed by atoms with Gasteiger partial charge in [0.25, 0.3) is 0 Å². The lowest BCUT2D eigenvalue weighted by Crippen LogP contribution is -2.08. The molecule has 66 valence electrons. The van der Waals surface area contributed by atoms with Gasteiger partial charge in [-0.25, -0.2) is 9.87 Å². The highest BCUT2D eigenvalue weighted by molar-refractivity contribution is 5.31. The van der Waals surface area contributed by atoms with Gasteiger partial charge in [-0.3, -0.25) is 0 Å². The van der Waals surface area contributed by atoms with Crippen LogP contribution in [0, 0.1) is 19.7 Å². The molecule has 2 N–H and O–H groups in total. The first-order chi connectivity index (χ1) is 5.65. The molecule has 0 aliphatic carbocycles. The van der Waals surface area contributed by atoms with Gasteiger partial charge in [-0.15, -0.1) is 0 Å². The van der Waals surface area contributed by atoms with Crippen LogP contribution in [0.15, 0.2) is 12.1 Å². The van der Waals surface area contributed by atoms with E-state index >= 15 is 0 Å². The van der Waals surface area contributed by atoms with Gasteiger partial charge < -0.3 is 5.21 Å². The zero-order chi connectivity index (χ0) is 9.14. The Morgan fingerprint density at radius 2 is 2.00 bits per heavy atom. The summed E-state index contributed by atoms with van der Waals surface area (Å²) in [6.07, 6.45) is 0. The van der Waals surface area contributed by atoms with Gasteiger partial charge in [0.15, 0.2) is 0 Å². The molecule has 0 fully saturated rings. The third-order valence-electron chi connectivity index (χ3n) is 1.89. The summed E-state index contributed by atoms with van der Waals surface area (Å²) in [4.78, 5) is 0. The molecule has 0 amide bonds. The Kier molecular flexibility index (Phi) is 2.78. The Bertz CT molecular complexity index is 286. The van der Waals surface area contributed by atoms with Crippen molar-refractivity contribution in [3.8, 4) is 0 Å². The highest BCUT2D eigenvalue weighted by Gasteiger charge is 2.02. The van der Waals surface area contributed by atoms with E-state index in [2.05, 4.69) is 0 Å². The first-order valence-corrected chi connectivity index (χ1v) is 3.77. The largest absolute Gasteiger partial charge is 0.316 e. The third kappa shape index (κ3) is 1.81. The van der Waals surface area contributed by atoms with Gasteiger partial charge in [0.1, 0.15) is 5.82 Å². The zero-order valence-electron chi connectivity index (χ0n) is 7.19. The lowest BCUT2D eigenvalue weighted by Gasteiger charge is -2.06. The van der Waals surface area contributed by atoms with Gasteiger partial charge in [-0.05, 0) is 36.6 Å². The Labute approximate surface area is 71.0 Å². The molecule has 1 rings (SSSR count). The molecule has 3 heteroatoms. The van der Waals surface area contributed by atoms with Gasteiger partial charge in [0.2, 0.25) is 0 Å². The predicted octanol–water partition coefficient (Wildman–Crippen LogP) is 1.92. The van der Waals surface area contributed by atoms with E-state index in [4.69, 9.17) is 5.21 Å². The van der Waals surface area contributed by atoms with E-state index in [0.29, 0.717) is 12.1 Å². The Morgan fingerprint density at radius 3 is 2.58 bits per heavy atom. The molecule has 1 aromatic rings. The summed E-state index contributed by atoms with van der Waals surface area (Å²) in [5, 5.41) is 8.46. The number of hydroxylamine groups is 1. The highest BCUT2D eigenvalue weighted by atomic mass is 19.1. The number of benzene rings is 1. The Balaban J connectivity index is 3.05. The molecule has 0 aliphatic rings.